The monoisotopic (exact) mass is 326 g/mol. The molecule has 1 aliphatic heterocycles. The molecular weight excluding hydrogens is 300 g/mol. The van der Waals surface area contributed by atoms with Crippen molar-refractivity contribution in [2.24, 2.45) is 0 Å². The molecule has 128 valence electrons. The molecule has 1 unspecified atom stereocenters. The van der Waals surface area contributed by atoms with E-state index in [2.05, 4.69) is 19.1 Å². The molecule has 0 amide bonds. The maximum Gasteiger partial charge on any atom is 0.130 e. The lowest BCUT2D eigenvalue weighted by molar-refractivity contribution is -0.0341. The summed E-state index contributed by atoms with van der Waals surface area (Å²) < 4.78 is 12.3. The number of fused-ring (bicyclic) bond motifs is 1. The quantitative estimate of drug-likeness (QED) is 0.891. The maximum absolute atomic E-state index is 10.3. The first-order valence-corrected chi connectivity index (χ1v) is 8.53. The summed E-state index contributed by atoms with van der Waals surface area (Å²) in [7, 11) is 0. The van der Waals surface area contributed by atoms with Crippen LogP contribution in [0.4, 0.5) is 0 Å². The minimum absolute atomic E-state index is 0.331. The second-order valence-corrected chi connectivity index (χ2v) is 7.06. The van der Waals surface area contributed by atoms with E-state index in [1.165, 1.54) is 5.56 Å². The predicted octanol–water partition coefficient (Wildman–Crippen LogP) is 4.62. The Labute approximate surface area is 144 Å². The molecule has 3 heteroatoms. The van der Waals surface area contributed by atoms with Gasteiger partial charge in [0.15, 0.2) is 0 Å². The molecule has 2 aromatic carbocycles. The molecule has 0 aliphatic carbocycles. The first-order chi connectivity index (χ1) is 11.4. The molecule has 1 N–H and O–H groups in total. The molecule has 24 heavy (non-hydrogen) atoms. The summed E-state index contributed by atoms with van der Waals surface area (Å²) in [5.74, 6) is 1.33. The Morgan fingerprint density at radius 3 is 2.50 bits per heavy atom. The first-order valence-electron chi connectivity index (χ1n) is 8.53. The van der Waals surface area contributed by atoms with E-state index in [1.54, 1.807) is 0 Å². The van der Waals surface area contributed by atoms with Gasteiger partial charge >= 0.3 is 0 Å². The highest BCUT2D eigenvalue weighted by Gasteiger charge is 2.34. The molecule has 0 saturated heterocycles. The van der Waals surface area contributed by atoms with Crippen LogP contribution < -0.4 is 4.74 Å². The minimum Gasteiger partial charge on any atom is -0.507 e. The van der Waals surface area contributed by atoms with Crippen LogP contribution in [-0.2, 0) is 17.8 Å². The van der Waals surface area contributed by atoms with Gasteiger partial charge in [-0.1, -0.05) is 30.3 Å². The third-order valence-electron chi connectivity index (χ3n) is 5.11. The van der Waals surface area contributed by atoms with Crippen molar-refractivity contribution in [3.63, 3.8) is 0 Å². The second-order valence-electron chi connectivity index (χ2n) is 7.06. The summed E-state index contributed by atoms with van der Waals surface area (Å²) in [4.78, 5) is 0. The van der Waals surface area contributed by atoms with Crippen LogP contribution in [0.5, 0.6) is 11.5 Å². The van der Waals surface area contributed by atoms with Crippen molar-refractivity contribution in [2.75, 3.05) is 6.61 Å². The Balaban J connectivity index is 1.74. The van der Waals surface area contributed by atoms with Crippen LogP contribution in [0.2, 0.25) is 0 Å². The average molecular weight is 326 g/mol. The molecule has 0 radical (unpaired) electrons. The summed E-state index contributed by atoms with van der Waals surface area (Å²) >= 11 is 0. The van der Waals surface area contributed by atoms with E-state index in [0.29, 0.717) is 19.0 Å². The van der Waals surface area contributed by atoms with Crippen LogP contribution >= 0.6 is 0 Å². The van der Waals surface area contributed by atoms with E-state index in [9.17, 15) is 5.11 Å². The van der Waals surface area contributed by atoms with E-state index in [0.717, 1.165) is 40.8 Å². The van der Waals surface area contributed by atoms with Crippen LogP contribution in [0.25, 0.3) is 0 Å². The van der Waals surface area contributed by atoms with E-state index >= 15 is 0 Å². The van der Waals surface area contributed by atoms with Crippen LogP contribution in [0.3, 0.4) is 0 Å². The normalized spacial score (nSPS) is 19.7. The summed E-state index contributed by atoms with van der Waals surface area (Å²) in [6.07, 6.45) is 1.79. The van der Waals surface area contributed by atoms with Gasteiger partial charge in [0, 0.05) is 5.56 Å². The lowest BCUT2D eigenvalue weighted by atomic mass is 9.87. The SMILES string of the molecule is Cc1c(C)c2c(c(C)c1O)CCC(C)(COCc1ccccc1)O2. The van der Waals surface area contributed by atoms with Gasteiger partial charge in [-0.25, -0.2) is 0 Å². The predicted molar refractivity (Wildman–Crippen MR) is 95.8 cm³/mol. The van der Waals surface area contributed by atoms with Crippen LogP contribution in [-0.4, -0.2) is 17.3 Å². The van der Waals surface area contributed by atoms with E-state index < -0.39 is 0 Å². The largest absolute Gasteiger partial charge is 0.507 e. The second kappa shape index (κ2) is 6.48. The third-order valence-corrected chi connectivity index (χ3v) is 5.11. The number of phenolic OH excluding ortho intramolecular Hbond substituents is 1. The zero-order valence-electron chi connectivity index (χ0n) is 15.0. The standard InChI is InChI=1S/C21H26O3/c1-14-15(2)20-18(16(3)19(14)22)10-11-21(4,24-20)13-23-12-17-8-6-5-7-9-17/h5-9,22H,10-13H2,1-4H3. The molecule has 0 fully saturated rings. The maximum atomic E-state index is 10.3. The molecule has 3 rings (SSSR count). The Kier molecular flexibility index (Phi) is 4.55. The van der Waals surface area contributed by atoms with E-state index in [4.69, 9.17) is 9.47 Å². The fraction of sp³-hybridized carbons (Fsp3) is 0.429. The minimum atomic E-state index is -0.331. The van der Waals surface area contributed by atoms with Gasteiger partial charge in [-0.15, -0.1) is 0 Å². The molecule has 0 aromatic heterocycles. The highest BCUT2D eigenvalue weighted by Crippen LogP contribution is 2.43. The highest BCUT2D eigenvalue weighted by atomic mass is 16.5. The van der Waals surface area contributed by atoms with Crippen molar-refractivity contribution in [2.45, 2.75) is 52.7 Å². The topological polar surface area (TPSA) is 38.7 Å². The molecule has 0 spiro atoms. The Hall–Kier alpha value is -2.00. The number of rotatable bonds is 4. The van der Waals surface area contributed by atoms with Gasteiger partial charge in [0.1, 0.15) is 17.1 Å². The fourth-order valence-corrected chi connectivity index (χ4v) is 3.36. The van der Waals surface area contributed by atoms with Crippen molar-refractivity contribution in [3.05, 3.63) is 58.1 Å². The molecule has 0 saturated carbocycles. The smallest absolute Gasteiger partial charge is 0.130 e. The van der Waals surface area contributed by atoms with Gasteiger partial charge < -0.3 is 14.6 Å². The molecule has 3 nitrogen and oxygen atoms in total. The highest BCUT2D eigenvalue weighted by molar-refractivity contribution is 5.58. The van der Waals surface area contributed by atoms with Gasteiger partial charge in [0.25, 0.3) is 0 Å². The van der Waals surface area contributed by atoms with Crippen molar-refractivity contribution >= 4 is 0 Å². The van der Waals surface area contributed by atoms with Gasteiger partial charge in [-0.05, 0) is 62.8 Å². The summed E-state index contributed by atoms with van der Waals surface area (Å²) in [6.45, 7) is 9.19. The van der Waals surface area contributed by atoms with E-state index in [-0.39, 0.29) is 5.60 Å². The van der Waals surface area contributed by atoms with Gasteiger partial charge in [-0.3, -0.25) is 0 Å². The van der Waals surface area contributed by atoms with E-state index in [1.807, 2.05) is 39.0 Å². The molecular formula is C21H26O3. The average Bonchev–Trinajstić information content (AvgIpc) is 2.59. The summed E-state index contributed by atoms with van der Waals surface area (Å²) in [5.41, 5.74) is 4.85. The number of aromatic hydroxyl groups is 1. The lowest BCUT2D eigenvalue weighted by Gasteiger charge is -2.37. The molecule has 0 bridgehead atoms. The Morgan fingerprint density at radius 2 is 1.79 bits per heavy atom. The van der Waals surface area contributed by atoms with Crippen LogP contribution in [0.1, 0.15) is 41.2 Å². The fourth-order valence-electron chi connectivity index (χ4n) is 3.36. The zero-order valence-corrected chi connectivity index (χ0v) is 15.0. The summed E-state index contributed by atoms with van der Waals surface area (Å²) in [6, 6.07) is 10.2. The van der Waals surface area contributed by atoms with Gasteiger partial charge in [0.05, 0.1) is 13.2 Å². The Bertz CT molecular complexity index is 737. The van der Waals surface area contributed by atoms with Gasteiger partial charge in [0.2, 0.25) is 0 Å². The number of ether oxygens (including phenoxy) is 2. The number of phenols is 1. The van der Waals surface area contributed by atoms with Crippen molar-refractivity contribution < 1.29 is 14.6 Å². The number of benzene rings is 2. The van der Waals surface area contributed by atoms with Crippen LogP contribution in [0.15, 0.2) is 30.3 Å². The lowest BCUT2D eigenvalue weighted by Crippen LogP contribution is -2.41. The van der Waals surface area contributed by atoms with Crippen molar-refractivity contribution in [1.29, 1.82) is 0 Å². The molecule has 2 aromatic rings. The van der Waals surface area contributed by atoms with Crippen LogP contribution in [0, 0.1) is 20.8 Å². The zero-order chi connectivity index (χ0) is 17.3. The Morgan fingerprint density at radius 1 is 1.08 bits per heavy atom. The molecule has 1 aliphatic rings. The number of hydrogen-bond donors (Lipinski definition) is 1. The van der Waals surface area contributed by atoms with Crippen molar-refractivity contribution in [3.8, 4) is 11.5 Å². The van der Waals surface area contributed by atoms with Gasteiger partial charge in [-0.2, -0.15) is 0 Å². The molecule has 1 atom stereocenters. The van der Waals surface area contributed by atoms with Crippen molar-refractivity contribution in [1.82, 2.24) is 0 Å². The third kappa shape index (κ3) is 3.13. The first kappa shape index (κ1) is 16.8. The summed E-state index contributed by atoms with van der Waals surface area (Å²) in [5, 5.41) is 10.3. The molecule has 1 heterocycles. The number of hydrogen-bond acceptors (Lipinski definition) is 3.